The van der Waals surface area contributed by atoms with Crippen LogP contribution in [-0.2, 0) is 4.79 Å². The Balaban J connectivity index is 6.84. The van der Waals surface area contributed by atoms with Crippen molar-refractivity contribution in [2.24, 2.45) is 45.6 Å². The molecule has 0 aliphatic heterocycles. The van der Waals surface area contributed by atoms with E-state index in [1.807, 2.05) is 5.01 Å². The molecule has 0 radical (unpaired) electrons. The number of nitrogens with two attached hydrogens (primary N) is 2. The normalized spacial score (nSPS) is 16.4. The fourth-order valence-electron chi connectivity index (χ4n) is 7.14. The average molecular weight is 639 g/mol. The van der Waals surface area contributed by atoms with Crippen LogP contribution in [0.3, 0.4) is 0 Å². The maximum absolute atomic E-state index is 13.8. The summed E-state index contributed by atoms with van der Waals surface area (Å²) in [5, 5.41) is 1.81. The third kappa shape index (κ3) is 12.7. The van der Waals surface area contributed by atoms with Gasteiger partial charge in [0.2, 0.25) is 0 Å². The van der Waals surface area contributed by atoms with Gasteiger partial charge in [0.05, 0.1) is 11.7 Å². The van der Waals surface area contributed by atoms with Crippen LogP contribution in [0.5, 0.6) is 0 Å². The van der Waals surface area contributed by atoms with Crippen molar-refractivity contribution in [3.63, 3.8) is 0 Å². The molecule has 0 spiro atoms. The number of hydrogen-bond donors (Lipinski definition) is 2. The highest BCUT2D eigenvalue weighted by Gasteiger charge is 2.53. The largest absolute Gasteiger partial charge is 0.394 e. The molecule has 0 saturated heterocycles. The van der Waals surface area contributed by atoms with Gasteiger partial charge in [-0.3, -0.25) is 4.79 Å². The first-order valence-corrected chi connectivity index (χ1v) is 18.6. The molecule has 0 bridgehead atoms. The number of hydrogen-bond acceptors (Lipinski definition) is 4. The molecule has 0 aromatic heterocycles. The number of Topliss-reactive ketones (excluding diaryl/α,β-unsaturated/α-hetero) is 1. The van der Waals surface area contributed by atoms with E-state index in [1.165, 1.54) is 32.1 Å². The molecule has 0 fully saturated rings. The van der Waals surface area contributed by atoms with Gasteiger partial charge in [0.15, 0.2) is 5.78 Å². The number of hydrazine groups is 1. The second-order valence-corrected chi connectivity index (χ2v) is 16.9. The minimum absolute atomic E-state index is 0.00988. The number of allylic oxidation sites excluding steroid dienone is 2. The molecule has 5 heteroatoms. The summed E-state index contributed by atoms with van der Waals surface area (Å²) in [6.07, 6.45) is 13.4. The third-order valence-electron chi connectivity index (χ3n) is 10.8. The highest BCUT2D eigenvalue weighted by Crippen LogP contribution is 2.53. The van der Waals surface area contributed by atoms with E-state index in [9.17, 15) is 4.79 Å². The lowest BCUT2D eigenvalue weighted by atomic mass is 9.56. The average Bonchev–Trinajstić information content (AvgIpc) is 2.91. The number of ketones is 1. The molecule has 4 nitrogen and oxygen atoms in total. The molecule has 0 aromatic rings. The van der Waals surface area contributed by atoms with Gasteiger partial charge in [-0.15, -0.1) is 11.6 Å². The summed E-state index contributed by atoms with van der Waals surface area (Å²) in [7, 11) is 0. The smallest absolute Gasteiger partial charge is 0.180 e. The number of carbonyl (C=O) groups excluding carboxylic acids is 1. The van der Waals surface area contributed by atoms with E-state index in [1.54, 1.807) is 0 Å². The zero-order valence-corrected chi connectivity index (χ0v) is 32.4. The molecule has 260 valence electrons. The Bertz CT molecular complexity index is 882. The highest BCUT2D eigenvalue weighted by molar-refractivity contribution is 6.21. The summed E-state index contributed by atoms with van der Waals surface area (Å²) < 4.78 is 0. The summed E-state index contributed by atoms with van der Waals surface area (Å²) in [6, 6.07) is -0.161. The topological polar surface area (TPSA) is 72.4 Å². The predicted molar refractivity (Wildman–Crippen MR) is 196 cm³/mol. The van der Waals surface area contributed by atoms with Crippen LogP contribution >= 0.6 is 11.6 Å². The van der Waals surface area contributed by atoms with E-state index in [0.717, 1.165) is 50.5 Å². The Morgan fingerprint density at radius 3 is 1.64 bits per heavy atom. The first-order chi connectivity index (χ1) is 20.2. The van der Waals surface area contributed by atoms with E-state index >= 15 is 0 Å². The molecular formula is C39H76ClN3O. The zero-order chi connectivity index (χ0) is 34.5. The van der Waals surface area contributed by atoms with Crippen LogP contribution in [0.1, 0.15) is 173 Å². The van der Waals surface area contributed by atoms with E-state index in [2.05, 4.69) is 96.6 Å². The number of carbonyl (C=O) groups is 1. The van der Waals surface area contributed by atoms with Crippen molar-refractivity contribution in [1.82, 2.24) is 5.01 Å². The highest BCUT2D eigenvalue weighted by atomic mass is 35.5. The second-order valence-electron chi connectivity index (χ2n) is 16.4. The van der Waals surface area contributed by atoms with Crippen LogP contribution < -0.4 is 11.6 Å². The van der Waals surface area contributed by atoms with Gasteiger partial charge in [-0.1, -0.05) is 148 Å². The Labute approximate surface area is 280 Å². The number of nitrogens with zero attached hydrogens (tertiary/aromatic N) is 1. The molecule has 4 N–H and O–H groups in total. The molecule has 0 saturated carbocycles. The minimum atomic E-state index is -0.337. The van der Waals surface area contributed by atoms with Crippen LogP contribution in [0.2, 0.25) is 0 Å². The maximum Gasteiger partial charge on any atom is 0.180 e. The van der Waals surface area contributed by atoms with Gasteiger partial charge < -0.3 is 10.7 Å². The summed E-state index contributed by atoms with van der Waals surface area (Å²) in [6.45, 7) is 33.8. The fraction of sp³-hybridized carbons (Fsp3) is 0.872. The van der Waals surface area contributed by atoms with Gasteiger partial charge in [-0.25, -0.2) is 5.84 Å². The van der Waals surface area contributed by atoms with Gasteiger partial charge in [-0.05, 0) is 65.3 Å². The molecular weight excluding hydrogens is 562 g/mol. The van der Waals surface area contributed by atoms with Crippen molar-refractivity contribution in [2.75, 3.05) is 0 Å². The lowest BCUT2D eigenvalue weighted by Gasteiger charge is -2.57. The molecule has 4 unspecified atom stereocenters. The molecule has 0 aliphatic rings. The number of alkyl halides is 1. The fourth-order valence-corrected chi connectivity index (χ4v) is 7.78. The molecule has 0 aromatic carbocycles. The van der Waals surface area contributed by atoms with E-state index < -0.39 is 0 Å². The Hall–Kier alpha value is -1.00. The minimum Gasteiger partial charge on any atom is -0.394 e. The number of halogens is 1. The van der Waals surface area contributed by atoms with Crippen molar-refractivity contribution in [1.29, 1.82) is 0 Å². The second kappa shape index (κ2) is 19.6. The van der Waals surface area contributed by atoms with Gasteiger partial charge in [0.25, 0.3) is 0 Å². The van der Waals surface area contributed by atoms with Crippen LogP contribution in [0.4, 0.5) is 0 Å². The predicted octanol–water partition coefficient (Wildman–Crippen LogP) is 11.6. The van der Waals surface area contributed by atoms with Crippen LogP contribution in [-0.4, -0.2) is 22.2 Å². The van der Waals surface area contributed by atoms with Crippen LogP contribution in [0.15, 0.2) is 23.5 Å². The molecule has 0 amide bonds. The molecule has 0 heterocycles. The summed E-state index contributed by atoms with van der Waals surface area (Å²) >= 11 is 7.20. The lowest BCUT2D eigenvalue weighted by Crippen LogP contribution is -2.61. The van der Waals surface area contributed by atoms with E-state index in [-0.39, 0.29) is 39.1 Å². The van der Waals surface area contributed by atoms with Gasteiger partial charge >= 0.3 is 0 Å². The van der Waals surface area contributed by atoms with Gasteiger partial charge in [0.1, 0.15) is 5.70 Å². The van der Waals surface area contributed by atoms with Crippen molar-refractivity contribution >= 4 is 17.4 Å². The van der Waals surface area contributed by atoms with Crippen LogP contribution in [0.25, 0.3) is 0 Å². The molecule has 0 rings (SSSR count). The maximum atomic E-state index is 13.8. The molecule has 44 heavy (non-hydrogen) atoms. The van der Waals surface area contributed by atoms with Gasteiger partial charge in [-0.2, -0.15) is 0 Å². The standard InChI is InChI=1S/C39H76ClN3O/c1-15-19-21-30(17-3)24-23-29(7)35(34(41)32(44)26-25-31(18-4)22-20-16-2)43(42)36(37(8,9)10)39(13,14)38(11,12)33(40)27-28(5)6/h28,30-31,33,36H,7,15-27,41-42H2,1-6,8-14H3/b35-34-. The van der Waals surface area contributed by atoms with Crippen molar-refractivity contribution in [3.8, 4) is 0 Å². The molecule has 0 aliphatic carbocycles. The third-order valence-corrected chi connectivity index (χ3v) is 11.5. The first-order valence-electron chi connectivity index (χ1n) is 18.1. The monoisotopic (exact) mass is 638 g/mol. The Morgan fingerprint density at radius 2 is 1.25 bits per heavy atom. The van der Waals surface area contributed by atoms with Crippen molar-refractivity contribution in [2.45, 2.75) is 185 Å². The van der Waals surface area contributed by atoms with Gasteiger partial charge in [0, 0.05) is 11.8 Å². The van der Waals surface area contributed by atoms with Crippen molar-refractivity contribution < 1.29 is 4.79 Å². The quantitative estimate of drug-likeness (QED) is 0.0384. The van der Waals surface area contributed by atoms with Crippen LogP contribution in [0, 0.1) is 34.0 Å². The first kappa shape index (κ1) is 43.0. The Kier molecular flexibility index (Phi) is 19.2. The summed E-state index contributed by atoms with van der Waals surface area (Å²) in [5.74, 6) is 8.92. The SMILES string of the molecule is C=C(CCC(CC)CCCC)/C(=C(/N)C(=O)CCC(CC)CCCC)N(N)C(C(C)(C)C)C(C)(C)C(C)(C)C(Cl)CC(C)C. The van der Waals surface area contributed by atoms with E-state index in [0.29, 0.717) is 29.9 Å². The number of unbranched alkanes of at least 4 members (excludes halogenated alkanes) is 2. The zero-order valence-electron chi connectivity index (χ0n) is 31.7. The van der Waals surface area contributed by atoms with Crippen molar-refractivity contribution in [3.05, 3.63) is 23.5 Å². The Morgan fingerprint density at radius 1 is 0.795 bits per heavy atom. The number of rotatable bonds is 23. The summed E-state index contributed by atoms with van der Waals surface area (Å²) in [4.78, 5) is 13.8. The molecule has 4 atom stereocenters. The lowest BCUT2D eigenvalue weighted by molar-refractivity contribution is -0.116. The summed E-state index contributed by atoms with van der Waals surface area (Å²) in [5.41, 5.74) is 7.84. The van der Waals surface area contributed by atoms with E-state index in [4.69, 9.17) is 23.2 Å².